The van der Waals surface area contributed by atoms with Crippen LogP contribution in [-0.4, -0.2) is 16.5 Å². The fourth-order valence-corrected chi connectivity index (χ4v) is 1.04. The number of aromatic nitrogens is 1. The zero-order chi connectivity index (χ0) is 9.64. The van der Waals surface area contributed by atoms with E-state index in [0.29, 0.717) is 0 Å². The minimum absolute atomic E-state index is 0.769. The molecule has 0 fully saturated rings. The van der Waals surface area contributed by atoms with Gasteiger partial charge >= 0.3 is 0 Å². The monoisotopic (exact) mass is 186 g/mol. The SMILES string of the molecule is C1=CCN(N=Nc2ccncc2)C=C1. The van der Waals surface area contributed by atoms with Crippen LogP contribution in [0.3, 0.4) is 0 Å². The molecule has 0 spiro atoms. The lowest BCUT2D eigenvalue weighted by Gasteiger charge is -2.11. The van der Waals surface area contributed by atoms with Crippen LogP contribution in [0.4, 0.5) is 5.69 Å². The second kappa shape index (κ2) is 4.32. The Balaban J connectivity index is 2.01. The molecule has 0 aromatic carbocycles. The van der Waals surface area contributed by atoms with Crippen LogP contribution < -0.4 is 0 Å². The van der Waals surface area contributed by atoms with Gasteiger partial charge in [0.25, 0.3) is 0 Å². The highest BCUT2D eigenvalue weighted by Crippen LogP contribution is 2.10. The summed E-state index contributed by atoms with van der Waals surface area (Å²) in [6.45, 7) is 0.769. The van der Waals surface area contributed by atoms with E-state index in [-0.39, 0.29) is 0 Å². The van der Waals surface area contributed by atoms with E-state index in [1.54, 1.807) is 17.4 Å². The van der Waals surface area contributed by atoms with E-state index in [4.69, 9.17) is 0 Å². The zero-order valence-corrected chi connectivity index (χ0v) is 7.61. The van der Waals surface area contributed by atoms with Crippen LogP contribution in [-0.2, 0) is 0 Å². The molecular formula is C10H10N4. The molecule has 14 heavy (non-hydrogen) atoms. The van der Waals surface area contributed by atoms with Crippen LogP contribution in [0, 0.1) is 0 Å². The van der Waals surface area contributed by atoms with Crippen molar-refractivity contribution in [3.8, 4) is 0 Å². The van der Waals surface area contributed by atoms with Crippen LogP contribution in [0.5, 0.6) is 0 Å². The van der Waals surface area contributed by atoms with Gasteiger partial charge < -0.3 is 0 Å². The first-order valence-corrected chi connectivity index (χ1v) is 4.37. The van der Waals surface area contributed by atoms with Crippen molar-refractivity contribution in [2.24, 2.45) is 10.3 Å². The molecule has 0 amide bonds. The second-order valence-electron chi connectivity index (χ2n) is 2.79. The predicted octanol–water partition coefficient (Wildman–Crippen LogP) is 2.47. The molecule has 0 atom stereocenters. The Labute approximate surface area is 82.3 Å². The molecule has 1 aromatic heterocycles. The summed E-state index contributed by atoms with van der Waals surface area (Å²) in [5, 5.41) is 9.87. The molecule has 70 valence electrons. The molecule has 1 aliphatic heterocycles. The summed E-state index contributed by atoms with van der Waals surface area (Å²) in [6, 6.07) is 3.62. The number of hydrogen-bond acceptors (Lipinski definition) is 3. The van der Waals surface area contributed by atoms with Gasteiger partial charge in [-0.15, -0.1) is 5.11 Å². The minimum Gasteiger partial charge on any atom is -0.265 e. The lowest BCUT2D eigenvalue weighted by Crippen LogP contribution is -2.10. The third kappa shape index (κ3) is 2.26. The van der Waals surface area contributed by atoms with E-state index in [9.17, 15) is 0 Å². The summed E-state index contributed by atoms with van der Waals surface area (Å²) >= 11 is 0. The molecule has 0 saturated carbocycles. The highest BCUT2D eigenvalue weighted by molar-refractivity contribution is 5.32. The van der Waals surface area contributed by atoms with E-state index in [1.807, 2.05) is 36.6 Å². The molecule has 0 bridgehead atoms. The Hall–Kier alpha value is -1.97. The smallest absolute Gasteiger partial charge is 0.0904 e. The van der Waals surface area contributed by atoms with Crippen molar-refractivity contribution < 1.29 is 0 Å². The molecule has 0 radical (unpaired) electrons. The molecule has 0 N–H and O–H groups in total. The Kier molecular flexibility index (Phi) is 2.66. The largest absolute Gasteiger partial charge is 0.265 e. The number of hydrogen-bond donors (Lipinski definition) is 0. The molecule has 2 heterocycles. The topological polar surface area (TPSA) is 40.9 Å². The van der Waals surface area contributed by atoms with Crippen molar-refractivity contribution in [3.63, 3.8) is 0 Å². The number of allylic oxidation sites excluding steroid dienone is 2. The van der Waals surface area contributed by atoms with Gasteiger partial charge in [-0.2, -0.15) is 0 Å². The summed E-state index contributed by atoms with van der Waals surface area (Å²) in [4.78, 5) is 3.90. The lowest BCUT2D eigenvalue weighted by atomic mass is 10.4. The summed E-state index contributed by atoms with van der Waals surface area (Å²) < 4.78 is 0. The zero-order valence-electron chi connectivity index (χ0n) is 7.61. The third-order valence-electron chi connectivity index (χ3n) is 1.74. The van der Waals surface area contributed by atoms with Gasteiger partial charge in [0.15, 0.2) is 0 Å². The van der Waals surface area contributed by atoms with E-state index in [2.05, 4.69) is 15.3 Å². The molecular weight excluding hydrogens is 176 g/mol. The van der Waals surface area contributed by atoms with E-state index in [0.717, 1.165) is 12.2 Å². The highest BCUT2D eigenvalue weighted by Gasteiger charge is 1.95. The number of pyridine rings is 1. The summed E-state index contributed by atoms with van der Waals surface area (Å²) in [5.74, 6) is 0. The maximum absolute atomic E-state index is 4.06. The molecule has 1 aromatic rings. The van der Waals surface area contributed by atoms with E-state index in [1.165, 1.54) is 0 Å². The van der Waals surface area contributed by atoms with Crippen molar-refractivity contribution in [2.45, 2.75) is 0 Å². The fraction of sp³-hybridized carbons (Fsp3) is 0.100. The van der Waals surface area contributed by atoms with Crippen molar-refractivity contribution in [1.29, 1.82) is 0 Å². The van der Waals surface area contributed by atoms with Crippen LogP contribution in [0.25, 0.3) is 0 Å². The minimum atomic E-state index is 0.769. The molecule has 4 nitrogen and oxygen atoms in total. The van der Waals surface area contributed by atoms with Gasteiger partial charge in [0, 0.05) is 18.6 Å². The molecule has 4 heteroatoms. The number of nitrogens with zero attached hydrogens (tertiary/aromatic N) is 4. The van der Waals surface area contributed by atoms with Gasteiger partial charge in [0.2, 0.25) is 0 Å². The maximum Gasteiger partial charge on any atom is 0.0904 e. The van der Waals surface area contributed by atoms with Crippen molar-refractivity contribution in [2.75, 3.05) is 6.54 Å². The van der Waals surface area contributed by atoms with Gasteiger partial charge in [-0.25, -0.2) is 0 Å². The van der Waals surface area contributed by atoms with Crippen LogP contribution in [0.15, 0.2) is 59.3 Å². The fourth-order valence-electron chi connectivity index (χ4n) is 1.04. The second-order valence-corrected chi connectivity index (χ2v) is 2.79. The van der Waals surface area contributed by atoms with E-state index < -0.39 is 0 Å². The van der Waals surface area contributed by atoms with Gasteiger partial charge in [0.05, 0.1) is 12.2 Å². The van der Waals surface area contributed by atoms with Crippen molar-refractivity contribution in [1.82, 2.24) is 9.99 Å². The molecule has 0 aliphatic carbocycles. The van der Waals surface area contributed by atoms with Crippen molar-refractivity contribution in [3.05, 3.63) is 49.0 Å². The highest BCUT2D eigenvalue weighted by atomic mass is 15.5. The van der Waals surface area contributed by atoms with Gasteiger partial charge in [0.1, 0.15) is 0 Å². The Morgan fingerprint density at radius 1 is 1.21 bits per heavy atom. The normalized spacial score (nSPS) is 15.3. The quantitative estimate of drug-likeness (QED) is 0.665. The van der Waals surface area contributed by atoms with Gasteiger partial charge in [-0.05, 0) is 18.2 Å². The summed E-state index contributed by atoms with van der Waals surface area (Å²) in [6.07, 6.45) is 11.2. The Morgan fingerprint density at radius 3 is 2.79 bits per heavy atom. The van der Waals surface area contributed by atoms with Crippen LogP contribution >= 0.6 is 0 Å². The maximum atomic E-state index is 4.06. The number of rotatable bonds is 2. The molecule has 1 aliphatic rings. The first-order valence-electron chi connectivity index (χ1n) is 4.37. The van der Waals surface area contributed by atoms with E-state index >= 15 is 0 Å². The molecule has 0 unspecified atom stereocenters. The first kappa shape index (κ1) is 8.62. The Bertz CT molecular complexity index is 367. The summed E-state index contributed by atoms with van der Waals surface area (Å²) in [7, 11) is 0. The Morgan fingerprint density at radius 2 is 2.07 bits per heavy atom. The average molecular weight is 186 g/mol. The van der Waals surface area contributed by atoms with Crippen molar-refractivity contribution >= 4 is 5.69 Å². The molecule has 0 saturated heterocycles. The third-order valence-corrected chi connectivity index (χ3v) is 1.74. The predicted molar refractivity (Wildman–Crippen MR) is 53.7 cm³/mol. The van der Waals surface area contributed by atoms with Gasteiger partial charge in [-0.3, -0.25) is 9.99 Å². The van der Waals surface area contributed by atoms with Crippen LogP contribution in [0.1, 0.15) is 0 Å². The van der Waals surface area contributed by atoms with Gasteiger partial charge in [-0.1, -0.05) is 17.4 Å². The standard InChI is InChI=1S/C10H10N4/c1-2-8-14(9-3-1)13-12-10-4-6-11-7-5-10/h1-8H,9H2. The molecule has 2 rings (SSSR count). The average Bonchev–Trinajstić information content (AvgIpc) is 2.29. The summed E-state index contributed by atoms with van der Waals surface area (Å²) in [5.41, 5.74) is 0.808. The first-order chi connectivity index (χ1) is 6.95. The van der Waals surface area contributed by atoms with Crippen LogP contribution in [0.2, 0.25) is 0 Å². The lowest BCUT2D eigenvalue weighted by molar-refractivity contribution is 0.411.